The van der Waals surface area contributed by atoms with Gasteiger partial charge in [-0.15, -0.1) is 0 Å². The van der Waals surface area contributed by atoms with Gasteiger partial charge in [-0.25, -0.2) is 0 Å². The van der Waals surface area contributed by atoms with Gasteiger partial charge in [-0.3, -0.25) is 19.2 Å². The molecule has 6 nitrogen and oxygen atoms in total. The second-order valence-electron chi connectivity index (χ2n) is 6.77. The van der Waals surface area contributed by atoms with Crippen LogP contribution in [0.2, 0.25) is 0 Å². The lowest BCUT2D eigenvalue weighted by Gasteiger charge is -2.30. The van der Waals surface area contributed by atoms with Gasteiger partial charge in [0.05, 0.1) is 5.33 Å². The highest BCUT2D eigenvalue weighted by atomic mass is 79.9. The van der Waals surface area contributed by atoms with E-state index in [2.05, 4.69) is 15.9 Å². The van der Waals surface area contributed by atoms with Crippen molar-refractivity contribution < 1.29 is 19.2 Å². The molecule has 0 atom stereocenters. The third-order valence-electron chi connectivity index (χ3n) is 5.04. The van der Waals surface area contributed by atoms with Gasteiger partial charge in [0.15, 0.2) is 0 Å². The molecule has 0 radical (unpaired) electrons. The second-order valence-corrected chi connectivity index (χ2v) is 7.33. The van der Waals surface area contributed by atoms with Gasteiger partial charge in [0.2, 0.25) is 11.8 Å². The number of rotatable bonds is 3. The second kappa shape index (κ2) is 10.7. The van der Waals surface area contributed by atoms with Gasteiger partial charge in [0, 0.05) is 51.9 Å². The summed E-state index contributed by atoms with van der Waals surface area (Å²) in [6, 6.07) is 0. The Morgan fingerprint density at radius 1 is 0.760 bits per heavy atom. The first-order chi connectivity index (χ1) is 11.8. The summed E-state index contributed by atoms with van der Waals surface area (Å²) in [5, 5.41) is 0.442. The minimum atomic E-state index is 0.116. The summed E-state index contributed by atoms with van der Waals surface area (Å²) in [5.41, 5.74) is 0. The highest BCUT2D eigenvalue weighted by Gasteiger charge is 2.25. The van der Waals surface area contributed by atoms with Crippen molar-refractivity contribution in [3.8, 4) is 0 Å². The Hall–Kier alpha value is -1.24. The van der Waals surface area contributed by atoms with Crippen molar-refractivity contribution in [3.63, 3.8) is 0 Å². The van der Waals surface area contributed by atoms with Gasteiger partial charge in [0.25, 0.3) is 0 Å². The maximum Gasteiger partial charge on any atom is 0.219 e. The molecule has 2 heterocycles. The number of amides is 2. The average molecular weight is 417 g/mol. The Morgan fingerprint density at radius 3 is 1.40 bits per heavy atom. The number of likely N-dealkylation sites (tertiary alicyclic amines) is 2. The summed E-state index contributed by atoms with van der Waals surface area (Å²) in [5.74, 6) is 1.12. The van der Waals surface area contributed by atoms with Crippen molar-refractivity contribution in [1.29, 1.82) is 0 Å². The van der Waals surface area contributed by atoms with Crippen molar-refractivity contribution in [2.75, 3.05) is 31.5 Å². The van der Waals surface area contributed by atoms with Crippen LogP contribution in [0.5, 0.6) is 0 Å². The Kier molecular flexibility index (Phi) is 9.32. The lowest BCUT2D eigenvalue weighted by atomic mass is 9.93. The van der Waals surface area contributed by atoms with Crippen molar-refractivity contribution >= 4 is 39.3 Å². The third kappa shape index (κ3) is 7.26. The minimum absolute atomic E-state index is 0.116. The van der Waals surface area contributed by atoms with Crippen LogP contribution in [0.15, 0.2) is 0 Å². The lowest BCUT2D eigenvalue weighted by Crippen LogP contribution is -2.39. The lowest BCUT2D eigenvalue weighted by molar-refractivity contribution is -0.132. The summed E-state index contributed by atoms with van der Waals surface area (Å²) in [4.78, 5) is 47.8. The van der Waals surface area contributed by atoms with Gasteiger partial charge in [-0.1, -0.05) is 15.9 Å². The summed E-state index contributed by atoms with van der Waals surface area (Å²) < 4.78 is 0. The number of piperidine rings is 2. The molecule has 0 aliphatic carbocycles. The standard InChI is InChI=1S/C9H14BrNO2.C9H15NO2/c1-7(12)11-4-2-8(3-5-11)9(13)6-10;1-7(11)9-3-5-10(6-4-9)8(2)12/h8H,2-6H2,1H3;9H,3-6H2,1-2H3. The smallest absolute Gasteiger partial charge is 0.219 e. The molecule has 7 heteroatoms. The number of alkyl halides is 1. The molecular weight excluding hydrogens is 388 g/mol. The van der Waals surface area contributed by atoms with Crippen LogP contribution in [-0.2, 0) is 19.2 Å². The van der Waals surface area contributed by atoms with Crippen LogP contribution in [0.4, 0.5) is 0 Å². The molecule has 0 unspecified atom stereocenters. The highest BCUT2D eigenvalue weighted by Crippen LogP contribution is 2.19. The fourth-order valence-electron chi connectivity index (χ4n) is 3.23. The summed E-state index contributed by atoms with van der Waals surface area (Å²) in [7, 11) is 0. The number of nitrogens with zero attached hydrogens (tertiary/aromatic N) is 2. The number of Topliss-reactive ketones (excluding diaryl/α,β-unsaturated/α-hetero) is 2. The van der Waals surface area contributed by atoms with E-state index in [4.69, 9.17) is 0 Å². The van der Waals surface area contributed by atoms with E-state index in [-0.39, 0.29) is 35.2 Å². The maximum atomic E-state index is 11.3. The van der Waals surface area contributed by atoms with Crippen LogP contribution in [-0.4, -0.2) is 64.7 Å². The SMILES string of the molecule is CC(=O)C1CCN(C(C)=O)CC1.CC(=O)N1CCC(C(=O)CBr)CC1. The topological polar surface area (TPSA) is 74.8 Å². The van der Waals surface area contributed by atoms with Gasteiger partial charge >= 0.3 is 0 Å². The fourth-order valence-corrected chi connectivity index (χ4v) is 3.68. The van der Waals surface area contributed by atoms with Crippen LogP contribution < -0.4 is 0 Å². The van der Waals surface area contributed by atoms with Crippen molar-refractivity contribution in [2.24, 2.45) is 11.8 Å². The molecule has 2 aliphatic heterocycles. The minimum Gasteiger partial charge on any atom is -0.343 e. The van der Waals surface area contributed by atoms with Gasteiger partial charge in [-0.05, 0) is 32.6 Å². The average Bonchev–Trinajstić information content (AvgIpc) is 2.61. The van der Waals surface area contributed by atoms with E-state index in [9.17, 15) is 19.2 Å². The van der Waals surface area contributed by atoms with E-state index in [1.807, 2.05) is 0 Å². The quantitative estimate of drug-likeness (QED) is 0.659. The molecule has 2 amide bonds. The molecule has 142 valence electrons. The van der Waals surface area contributed by atoms with E-state index in [1.165, 1.54) is 0 Å². The van der Waals surface area contributed by atoms with Crippen molar-refractivity contribution in [3.05, 3.63) is 0 Å². The summed E-state index contributed by atoms with van der Waals surface area (Å²) >= 11 is 3.16. The van der Waals surface area contributed by atoms with E-state index in [0.29, 0.717) is 5.33 Å². The molecule has 2 fully saturated rings. The monoisotopic (exact) mass is 416 g/mol. The highest BCUT2D eigenvalue weighted by molar-refractivity contribution is 9.09. The first kappa shape index (κ1) is 21.8. The molecule has 0 aromatic carbocycles. The van der Waals surface area contributed by atoms with Crippen LogP contribution in [0.25, 0.3) is 0 Å². The van der Waals surface area contributed by atoms with Crippen molar-refractivity contribution in [1.82, 2.24) is 9.80 Å². The molecule has 0 saturated carbocycles. The van der Waals surface area contributed by atoms with E-state index >= 15 is 0 Å². The number of halogens is 1. The van der Waals surface area contributed by atoms with Crippen LogP contribution in [0.1, 0.15) is 46.5 Å². The van der Waals surface area contributed by atoms with Crippen molar-refractivity contribution in [2.45, 2.75) is 46.5 Å². The molecule has 0 aromatic rings. The first-order valence-electron chi connectivity index (χ1n) is 8.86. The van der Waals surface area contributed by atoms with Gasteiger partial charge in [-0.2, -0.15) is 0 Å². The van der Waals surface area contributed by atoms with Crippen LogP contribution in [0, 0.1) is 11.8 Å². The summed E-state index contributed by atoms with van der Waals surface area (Å²) in [6.07, 6.45) is 3.33. The molecular formula is C18H29BrN2O4. The summed E-state index contributed by atoms with van der Waals surface area (Å²) in [6.45, 7) is 7.76. The first-order valence-corrected chi connectivity index (χ1v) is 9.98. The number of carbonyl (C=O) groups is 4. The number of hydrogen-bond donors (Lipinski definition) is 0. The molecule has 2 rings (SSSR count). The molecule has 0 N–H and O–H groups in total. The van der Waals surface area contributed by atoms with E-state index in [1.54, 1.807) is 30.6 Å². The Morgan fingerprint density at radius 2 is 1.12 bits per heavy atom. The van der Waals surface area contributed by atoms with Crippen LogP contribution in [0.3, 0.4) is 0 Å². The van der Waals surface area contributed by atoms with Gasteiger partial charge in [0.1, 0.15) is 11.6 Å². The molecule has 2 aliphatic rings. The fraction of sp³-hybridized carbons (Fsp3) is 0.778. The third-order valence-corrected chi connectivity index (χ3v) is 5.60. The molecule has 2 saturated heterocycles. The Balaban J connectivity index is 0.000000251. The zero-order valence-electron chi connectivity index (χ0n) is 15.4. The number of hydrogen-bond acceptors (Lipinski definition) is 4. The predicted octanol–water partition coefficient (Wildman–Crippen LogP) is 2.04. The van der Waals surface area contributed by atoms with Crippen LogP contribution >= 0.6 is 15.9 Å². The van der Waals surface area contributed by atoms with E-state index in [0.717, 1.165) is 51.9 Å². The number of ketones is 2. The Labute approximate surface area is 158 Å². The molecule has 0 bridgehead atoms. The largest absolute Gasteiger partial charge is 0.343 e. The number of carbonyl (C=O) groups excluding carboxylic acids is 4. The van der Waals surface area contributed by atoms with E-state index < -0.39 is 0 Å². The molecule has 0 aromatic heterocycles. The Bertz CT molecular complexity index is 471. The normalized spacial score (nSPS) is 19.0. The maximum absolute atomic E-state index is 11.3. The zero-order valence-corrected chi connectivity index (χ0v) is 17.0. The molecule has 25 heavy (non-hydrogen) atoms. The zero-order chi connectivity index (χ0) is 19.0. The molecule has 0 spiro atoms. The predicted molar refractivity (Wildman–Crippen MR) is 99.4 cm³/mol. The van der Waals surface area contributed by atoms with Gasteiger partial charge < -0.3 is 9.80 Å².